The van der Waals surface area contributed by atoms with E-state index in [1.165, 1.54) is 60.1 Å². The van der Waals surface area contributed by atoms with Crippen molar-refractivity contribution in [3.8, 4) is 33.4 Å². The number of hydrogen-bond donors (Lipinski definition) is 0. The zero-order valence-electron chi connectivity index (χ0n) is 20.9. The monoisotopic (exact) mass is 620 g/mol. The van der Waals surface area contributed by atoms with Crippen molar-refractivity contribution in [2.24, 2.45) is 0 Å². The van der Waals surface area contributed by atoms with Crippen LogP contribution in [0.5, 0.6) is 0 Å². The predicted molar refractivity (Wildman–Crippen MR) is 151 cm³/mol. The Hall–Kier alpha value is -2.61. The second-order valence-corrected chi connectivity index (χ2v) is 10.2. The summed E-state index contributed by atoms with van der Waals surface area (Å²) in [5.74, 6) is 0. The summed E-state index contributed by atoms with van der Waals surface area (Å²) in [7, 11) is 0.795. The average Bonchev–Trinajstić information content (AvgIpc) is 3.49. The fourth-order valence-electron chi connectivity index (χ4n) is 4.93. The van der Waals surface area contributed by atoms with Gasteiger partial charge < -0.3 is 24.8 Å². The second kappa shape index (κ2) is 13.5. The molecule has 6 aromatic carbocycles. The van der Waals surface area contributed by atoms with Gasteiger partial charge in [0, 0.05) is 0 Å². The molecule has 0 bridgehead atoms. The fourth-order valence-corrected chi connectivity index (χ4v) is 6.24. The maximum Gasteiger partial charge on any atom is 4.00 e. The van der Waals surface area contributed by atoms with Crippen LogP contribution in [0.25, 0.3) is 44.2 Å². The molecular formula is C34H24Cl2SiZr. The van der Waals surface area contributed by atoms with Gasteiger partial charge in [-0.15, -0.1) is 34.0 Å². The Morgan fingerprint density at radius 2 is 1.26 bits per heavy atom. The Morgan fingerprint density at radius 3 is 2.00 bits per heavy atom. The summed E-state index contributed by atoms with van der Waals surface area (Å²) in [6.07, 6.45) is 0. The van der Waals surface area contributed by atoms with E-state index in [-0.39, 0.29) is 51.0 Å². The maximum atomic E-state index is 3.31. The Bertz CT molecular complexity index is 1580. The van der Waals surface area contributed by atoms with E-state index in [4.69, 9.17) is 0 Å². The van der Waals surface area contributed by atoms with Crippen molar-refractivity contribution in [2.45, 2.75) is 6.92 Å². The Balaban J connectivity index is 0.000000216. The average molecular weight is 623 g/mol. The Kier molecular flexibility index (Phi) is 10.6. The minimum absolute atomic E-state index is 0. The molecule has 1 aliphatic heterocycles. The molecule has 2 radical (unpaired) electrons. The van der Waals surface area contributed by atoms with Crippen LogP contribution in [0.2, 0.25) is 0 Å². The Labute approximate surface area is 259 Å². The standard InChI is InChI=1S/C22H17.C12H7Si.2ClH.Zr/c1-16-14-19-12-13-20(17-8-4-2-5-9-17)22(21(19)15-16)18-10-6-3-7-11-18;1-3-7-11-9(5-1)10-6-2-4-8-12(10)13-11;;;/h2-15H,1H3;1-7H;2*1H;/q2*-1;;;+4/p-2. The molecule has 0 saturated heterocycles. The summed E-state index contributed by atoms with van der Waals surface area (Å²) in [6, 6.07) is 48.5. The SMILES string of the molecule is Cc1cc2c(-c3ccccc3)c(-c3ccccc3)ccc2[cH-]1.[Cl-].[Cl-].[Zr+4].[c-]1cccc2c1[Si]c1ccccc1-2. The van der Waals surface area contributed by atoms with Crippen LogP contribution in [0, 0.1) is 13.0 Å². The molecule has 38 heavy (non-hydrogen) atoms. The molecule has 1 aliphatic rings. The molecule has 182 valence electrons. The number of hydrogen-bond acceptors (Lipinski definition) is 0. The van der Waals surface area contributed by atoms with Crippen LogP contribution < -0.4 is 35.2 Å². The van der Waals surface area contributed by atoms with Crippen molar-refractivity contribution < 1.29 is 51.0 Å². The number of aryl methyl sites for hydroxylation is 1. The van der Waals surface area contributed by atoms with Gasteiger partial charge in [-0.2, -0.15) is 35.5 Å². The summed E-state index contributed by atoms with van der Waals surface area (Å²) in [5, 5.41) is 5.48. The summed E-state index contributed by atoms with van der Waals surface area (Å²) in [6.45, 7) is 2.16. The normalized spacial score (nSPS) is 10.6. The summed E-state index contributed by atoms with van der Waals surface area (Å²) >= 11 is 0. The molecule has 6 aromatic rings. The largest absolute Gasteiger partial charge is 4.00 e. The van der Waals surface area contributed by atoms with Gasteiger partial charge in [-0.3, -0.25) is 0 Å². The first kappa shape index (κ1) is 29.9. The van der Waals surface area contributed by atoms with Crippen LogP contribution in [-0.2, 0) is 26.2 Å². The van der Waals surface area contributed by atoms with E-state index in [9.17, 15) is 0 Å². The van der Waals surface area contributed by atoms with E-state index >= 15 is 0 Å². The molecule has 7 rings (SSSR count). The smallest absolute Gasteiger partial charge is 1.00 e. The predicted octanol–water partition coefficient (Wildman–Crippen LogP) is 1.33. The van der Waals surface area contributed by atoms with E-state index in [2.05, 4.69) is 134 Å². The van der Waals surface area contributed by atoms with Crippen LogP contribution in [-0.4, -0.2) is 9.52 Å². The van der Waals surface area contributed by atoms with Gasteiger partial charge >= 0.3 is 26.2 Å². The molecule has 0 spiro atoms. The van der Waals surface area contributed by atoms with Crippen molar-refractivity contribution in [2.75, 3.05) is 0 Å². The van der Waals surface area contributed by atoms with Crippen LogP contribution >= 0.6 is 0 Å². The van der Waals surface area contributed by atoms with Crippen LogP contribution in [0.3, 0.4) is 0 Å². The van der Waals surface area contributed by atoms with E-state index in [1.54, 1.807) is 0 Å². The molecule has 0 amide bonds. The van der Waals surface area contributed by atoms with Gasteiger partial charge in [0.15, 0.2) is 0 Å². The first-order chi connectivity index (χ1) is 17.3. The first-order valence-electron chi connectivity index (χ1n) is 12.0. The minimum atomic E-state index is 0. The zero-order valence-corrected chi connectivity index (χ0v) is 25.9. The third-order valence-corrected chi connectivity index (χ3v) is 7.88. The van der Waals surface area contributed by atoms with Gasteiger partial charge in [0.05, 0.1) is 9.52 Å². The van der Waals surface area contributed by atoms with E-state index in [0.717, 1.165) is 9.52 Å². The van der Waals surface area contributed by atoms with Crippen LogP contribution in [0.1, 0.15) is 5.56 Å². The molecular weight excluding hydrogens is 599 g/mol. The van der Waals surface area contributed by atoms with Crippen molar-refractivity contribution in [3.05, 3.63) is 139 Å². The molecule has 0 aliphatic carbocycles. The Morgan fingerprint density at radius 1 is 0.632 bits per heavy atom. The van der Waals surface area contributed by atoms with Gasteiger partial charge in [0.1, 0.15) is 0 Å². The summed E-state index contributed by atoms with van der Waals surface area (Å²) in [5.41, 5.74) is 9.25. The number of halogens is 2. The van der Waals surface area contributed by atoms with Crippen LogP contribution in [0.4, 0.5) is 0 Å². The van der Waals surface area contributed by atoms with Crippen molar-refractivity contribution in [3.63, 3.8) is 0 Å². The molecule has 0 atom stereocenters. The van der Waals surface area contributed by atoms with Gasteiger partial charge in [-0.25, -0.2) is 0 Å². The van der Waals surface area contributed by atoms with Gasteiger partial charge in [-0.05, 0) is 16.7 Å². The minimum Gasteiger partial charge on any atom is -1.00 e. The topological polar surface area (TPSA) is 0 Å². The van der Waals surface area contributed by atoms with Crippen LogP contribution in [0.15, 0.2) is 127 Å². The quantitative estimate of drug-likeness (QED) is 0.202. The van der Waals surface area contributed by atoms with Gasteiger partial charge in [0.25, 0.3) is 0 Å². The summed E-state index contributed by atoms with van der Waals surface area (Å²) in [4.78, 5) is 0. The number of rotatable bonds is 2. The third kappa shape index (κ3) is 6.00. The first-order valence-corrected chi connectivity index (χ1v) is 13.0. The maximum absolute atomic E-state index is 3.31. The van der Waals surface area contributed by atoms with Gasteiger partial charge in [0.2, 0.25) is 0 Å². The molecule has 1 heterocycles. The molecule has 0 aromatic heterocycles. The molecule has 4 heteroatoms. The fraction of sp³-hybridized carbons (Fsp3) is 0.0294. The van der Waals surface area contributed by atoms with Crippen molar-refractivity contribution in [1.29, 1.82) is 0 Å². The van der Waals surface area contributed by atoms with Gasteiger partial charge in [-0.1, -0.05) is 114 Å². The summed E-state index contributed by atoms with van der Waals surface area (Å²) < 4.78 is 0. The van der Waals surface area contributed by atoms with E-state index in [0.29, 0.717) is 0 Å². The second-order valence-electron chi connectivity index (χ2n) is 8.89. The molecule has 0 unspecified atom stereocenters. The van der Waals surface area contributed by atoms with E-state index in [1.807, 2.05) is 6.07 Å². The molecule has 0 N–H and O–H groups in total. The molecule has 0 fully saturated rings. The molecule has 0 saturated carbocycles. The molecule has 0 nitrogen and oxygen atoms in total. The third-order valence-electron chi connectivity index (χ3n) is 6.51. The van der Waals surface area contributed by atoms with Crippen molar-refractivity contribution in [1.82, 2.24) is 0 Å². The number of fused-ring (bicyclic) bond motifs is 4. The van der Waals surface area contributed by atoms with E-state index < -0.39 is 0 Å². The number of benzene rings is 5. The van der Waals surface area contributed by atoms with Crippen molar-refractivity contribution >= 4 is 30.7 Å². The zero-order chi connectivity index (χ0) is 23.6.